The third-order valence-electron chi connectivity index (χ3n) is 3.59. The van der Waals surface area contributed by atoms with Crippen molar-refractivity contribution < 1.29 is 33.1 Å². The van der Waals surface area contributed by atoms with Crippen molar-refractivity contribution >= 4 is 7.82 Å². The molecule has 26 heavy (non-hydrogen) atoms. The Hall–Kier alpha value is -1.77. The van der Waals surface area contributed by atoms with Gasteiger partial charge in [0.1, 0.15) is 25.7 Å². The average Bonchev–Trinajstić information content (AvgIpc) is 2.95. The van der Waals surface area contributed by atoms with E-state index in [-0.39, 0.29) is 19.8 Å². The molecule has 2 rings (SSSR count). The third kappa shape index (κ3) is 5.62. The van der Waals surface area contributed by atoms with Crippen LogP contribution >= 0.6 is 7.82 Å². The van der Waals surface area contributed by atoms with Crippen LogP contribution in [0.5, 0.6) is 0 Å². The van der Waals surface area contributed by atoms with Gasteiger partial charge in [0.25, 0.3) is 5.56 Å². The number of nitrogens with one attached hydrogen (secondary N) is 1. The van der Waals surface area contributed by atoms with Gasteiger partial charge in [0.2, 0.25) is 0 Å². The second-order valence-electron chi connectivity index (χ2n) is 5.51. The van der Waals surface area contributed by atoms with Crippen molar-refractivity contribution in [3.8, 4) is 12.3 Å². The van der Waals surface area contributed by atoms with E-state index in [1.54, 1.807) is 0 Å². The number of hydrogen-bond donors (Lipinski definition) is 3. The number of terminal acetylenes is 1. The van der Waals surface area contributed by atoms with Crippen LogP contribution in [-0.4, -0.2) is 51.6 Å². The first kappa shape index (κ1) is 20.5. The van der Waals surface area contributed by atoms with E-state index in [1.807, 2.05) is 0 Å². The zero-order valence-electron chi connectivity index (χ0n) is 13.9. The molecule has 1 aromatic rings. The lowest BCUT2D eigenvalue weighted by Gasteiger charge is -2.19. The first-order valence-electron chi connectivity index (χ1n) is 7.51. The van der Waals surface area contributed by atoms with Gasteiger partial charge in [0.05, 0.1) is 12.7 Å². The topological polar surface area (TPSA) is 149 Å². The number of hydrogen-bond acceptors (Lipinski definition) is 7. The molecule has 0 saturated carbocycles. The molecule has 2 heterocycles. The molecule has 0 spiro atoms. The van der Waals surface area contributed by atoms with Crippen molar-refractivity contribution in [1.82, 2.24) is 9.55 Å². The molecule has 144 valence electrons. The van der Waals surface area contributed by atoms with Gasteiger partial charge in [-0.3, -0.25) is 18.9 Å². The Kier molecular flexibility index (Phi) is 6.91. The second kappa shape index (κ2) is 8.75. The lowest BCUT2D eigenvalue weighted by atomic mass is 10.2. The van der Waals surface area contributed by atoms with Crippen LogP contribution in [-0.2, 0) is 23.3 Å². The Morgan fingerprint density at radius 3 is 2.88 bits per heavy atom. The van der Waals surface area contributed by atoms with Gasteiger partial charge in [-0.25, -0.2) is 9.36 Å². The van der Waals surface area contributed by atoms with Crippen LogP contribution in [0.15, 0.2) is 15.8 Å². The van der Waals surface area contributed by atoms with Gasteiger partial charge in [-0.15, -0.1) is 6.42 Å². The highest BCUT2D eigenvalue weighted by Crippen LogP contribution is 2.38. The van der Waals surface area contributed by atoms with Gasteiger partial charge in [-0.2, -0.15) is 0 Å². The minimum Gasteiger partial charge on any atom is -0.349 e. The first-order chi connectivity index (χ1) is 12.2. The van der Waals surface area contributed by atoms with Gasteiger partial charge in [-0.1, -0.05) is 5.92 Å². The normalized spacial score (nSPS) is 23.1. The van der Waals surface area contributed by atoms with E-state index in [0.717, 1.165) is 0 Å². The molecule has 1 aliphatic rings. The number of rotatable bonds is 8. The van der Waals surface area contributed by atoms with Gasteiger partial charge in [0.15, 0.2) is 0 Å². The molecular weight excluding hydrogens is 371 g/mol. The number of H-pyrrole nitrogens is 1. The van der Waals surface area contributed by atoms with E-state index in [2.05, 4.69) is 15.4 Å². The van der Waals surface area contributed by atoms with Crippen molar-refractivity contribution in [1.29, 1.82) is 0 Å². The molecule has 0 bridgehead atoms. The highest BCUT2D eigenvalue weighted by Gasteiger charge is 2.39. The molecule has 0 aromatic carbocycles. The number of aromatic amines is 1. The number of nitrogens with zero attached hydrogens (tertiary/aromatic N) is 1. The highest BCUT2D eigenvalue weighted by atomic mass is 31.2. The van der Waals surface area contributed by atoms with E-state index in [0.29, 0.717) is 5.56 Å². The lowest BCUT2D eigenvalue weighted by molar-refractivity contribution is -0.112. The minimum atomic E-state index is -4.71. The molecule has 0 amide bonds. The van der Waals surface area contributed by atoms with Crippen molar-refractivity contribution in [2.75, 3.05) is 20.0 Å². The standard InChI is InChI=1S/C14H19N2O9P/c1-3-4-22-8-23-10-5-12(25-11(10)7-24-26(19,20)21)16-6-9(2)13(17)15-14(16)18/h1,6,10-12H,4-5,7-8H2,2H3,(H,15,17,18)(H2,19,20,21)/t10?,11-,12-/m1/s1. The van der Waals surface area contributed by atoms with Crippen molar-refractivity contribution in [3.05, 3.63) is 32.6 Å². The molecular formula is C14H19N2O9P. The Morgan fingerprint density at radius 2 is 2.23 bits per heavy atom. The van der Waals surface area contributed by atoms with E-state index < -0.39 is 44.1 Å². The molecule has 12 heteroatoms. The SMILES string of the molecule is C#CCOCOC1C[C@H](n2cc(C)c(=O)[nH]c2=O)O[C@@H]1COP(=O)(O)O. The van der Waals surface area contributed by atoms with Crippen LogP contribution in [0.25, 0.3) is 0 Å². The van der Waals surface area contributed by atoms with E-state index in [4.69, 9.17) is 30.4 Å². The van der Waals surface area contributed by atoms with Crippen molar-refractivity contribution in [2.45, 2.75) is 31.8 Å². The fraction of sp³-hybridized carbons (Fsp3) is 0.571. The molecule has 0 radical (unpaired) electrons. The predicted octanol–water partition coefficient (Wildman–Crippen LogP) is -0.766. The zero-order valence-corrected chi connectivity index (χ0v) is 14.8. The summed E-state index contributed by atoms with van der Waals surface area (Å²) in [6, 6.07) is 0. The maximum Gasteiger partial charge on any atom is 0.469 e. The monoisotopic (exact) mass is 390 g/mol. The summed E-state index contributed by atoms with van der Waals surface area (Å²) in [5, 5.41) is 0. The molecule has 1 fully saturated rings. The van der Waals surface area contributed by atoms with Crippen molar-refractivity contribution in [2.24, 2.45) is 0 Å². The first-order valence-corrected chi connectivity index (χ1v) is 9.04. The minimum absolute atomic E-state index is 0.0270. The average molecular weight is 390 g/mol. The summed E-state index contributed by atoms with van der Waals surface area (Å²) in [5.74, 6) is 2.26. The van der Waals surface area contributed by atoms with Crippen LogP contribution < -0.4 is 11.2 Å². The molecule has 1 aromatic heterocycles. The number of phosphoric ester groups is 1. The van der Waals surface area contributed by atoms with E-state index >= 15 is 0 Å². The lowest BCUT2D eigenvalue weighted by Crippen LogP contribution is -2.33. The number of aromatic nitrogens is 2. The summed E-state index contributed by atoms with van der Waals surface area (Å²) in [4.78, 5) is 43.3. The van der Waals surface area contributed by atoms with Crippen molar-refractivity contribution in [3.63, 3.8) is 0 Å². The molecule has 11 nitrogen and oxygen atoms in total. The Balaban J connectivity index is 2.14. The molecule has 3 atom stereocenters. The fourth-order valence-corrected chi connectivity index (χ4v) is 2.74. The maximum atomic E-state index is 12.0. The molecule has 1 aliphatic heterocycles. The fourth-order valence-electron chi connectivity index (χ4n) is 2.40. The predicted molar refractivity (Wildman–Crippen MR) is 87.1 cm³/mol. The zero-order chi connectivity index (χ0) is 19.3. The smallest absolute Gasteiger partial charge is 0.349 e. The Labute approximate surface area is 148 Å². The van der Waals surface area contributed by atoms with Gasteiger partial charge < -0.3 is 24.0 Å². The van der Waals surface area contributed by atoms with Gasteiger partial charge >= 0.3 is 13.5 Å². The highest BCUT2D eigenvalue weighted by molar-refractivity contribution is 7.46. The Morgan fingerprint density at radius 1 is 1.50 bits per heavy atom. The number of ether oxygens (including phenoxy) is 3. The largest absolute Gasteiger partial charge is 0.469 e. The van der Waals surface area contributed by atoms with Crippen LogP contribution in [0.1, 0.15) is 18.2 Å². The van der Waals surface area contributed by atoms with Crippen LogP contribution in [0, 0.1) is 19.3 Å². The second-order valence-corrected chi connectivity index (χ2v) is 6.74. The third-order valence-corrected chi connectivity index (χ3v) is 4.08. The van der Waals surface area contributed by atoms with Gasteiger partial charge in [0, 0.05) is 18.2 Å². The summed E-state index contributed by atoms with van der Waals surface area (Å²) < 4.78 is 32.7. The summed E-state index contributed by atoms with van der Waals surface area (Å²) in [7, 11) is -4.71. The molecule has 3 N–H and O–H groups in total. The summed E-state index contributed by atoms with van der Waals surface area (Å²) >= 11 is 0. The maximum absolute atomic E-state index is 12.0. The molecule has 1 unspecified atom stereocenters. The van der Waals surface area contributed by atoms with E-state index in [9.17, 15) is 14.2 Å². The summed E-state index contributed by atoms with van der Waals surface area (Å²) in [6.45, 7) is 0.924. The van der Waals surface area contributed by atoms with E-state index in [1.165, 1.54) is 17.7 Å². The Bertz CT molecular complexity index is 821. The van der Waals surface area contributed by atoms with Crippen LogP contribution in [0.2, 0.25) is 0 Å². The molecule has 1 saturated heterocycles. The summed E-state index contributed by atoms with van der Waals surface area (Å²) in [5.41, 5.74) is -0.886. The van der Waals surface area contributed by atoms with Gasteiger partial charge in [-0.05, 0) is 6.92 Å². The molecule has 0 aliphatic carbocycles. The van der Waals surface area contributed by atoms with Crippen LogP contribution in [0.4, 0.5) is 0 Å². The quantitative estimate of drug-likeness (QED) is 0.225. The number of aryl methyl sites for hydroxylation is 1. The summed E-state index contributed by atoms with van der Waals surface area (Å²) in [6.07, 6.45) is 4.19. The number of phosphoric acid groups is 1. The van der Waals surface area contributed by atoms with Crippen LogP contribution in [0.3, 0.4) is 0 Å².